The van der Waals surface area contributed by atoms with E-state index in [0.717, 1.165) is 25.3 Å². The van der Waals surface area contributed by atoms with Gasteiger partial charge in [-0.25, -0.2) is 8.78 Å². The Kier molecular flexibility index (Phi) is 2.42. The van der Waals surface area contributed by atoms with Gasteiger partial charge in [0.1, 0.15) is 5.75 Å². The van der Waals surface area contributed by atoms with Gasteiger partial charge < -0.3 is 10.5 Å². The lowest BCUT2D eigenvalue weighted by Crippen LogP contribution is -2.20. The van der Waals surface area contributed by atoms with E-state index < -0.39 is 11.5 Å². The first kappa shape index (κ1) is 11.3. The van der Waals surface area contributed by atoms with Crippen LogP contribution in [-0.2, 0) is 11.5 Å². The second-order valence-electron chi connectivity index (χ2n) is 4.46. The van der Waals surface area contributed by atoms with Crippen LogP contribution in [0, 0.1) is 0 Å². The molecule has 2 rings (SSSR count). The number of alkyl halides is 2. The minimum absolute atomic E-state index is 0.0933. The molecule has 4 heteroatoms. The molecule has 1 aromatic rings. The second-order valence-corrected chi connectivity index (χ2v) is 4.46. The molecule has 0 heterocycles. The molecule has 0 bridgehead atoms. The van der Waals surface area contributed by atoms with Crippen LogP contribution in [-0.4, -0.2) is 7.11 Å². The number of nitrogens with two attached hydrogens (primary N) is 1. The van der Waals surface area contributed by atoms with Crippen LogP contribution in [0.2, 0.25) is 0 Å². The Labute approximate surface area is 93.4 Å². The molecule has 0 aliphatic heterocycles. The van der Waals surface area contributed by atoms with Crippen LogP contribution in [0.25, 0.3) is 0 Å². The number of halogens is 2. The van der Waals surface area contributed by atoms with Crippen LogP contribution in [0.4, 0.5) is 8.78 Å². The minimum Gasteiger partial charge on any atom is -0.496 e. The molecule has 0 saturated heterocycles. The predicted molar refractivity (Wildman–Crippen MR) is 57.7 cm³/mol. The van der Waals surface area contributed by atoms with Gasteiger partial charge in [0, 0.05) is 12.5 Å². The molecule has 0 spiro atoms. The highest BCUT2D eigenvalue weighted by Gasteiger charge is 2.41. The van der Waals surface area contributed by atoms with E-state index in [1.165, 1.54) is 13.2 Å². The van der Waals surface area contributed by atoms with Gasteiger partial charge in [-0.3, -0.25) is 0 Å². The normalized spacial score (nSPS) is 18.3. The SMILES string of the molecule is COc1ccc(C2(N)CC2)cc1C(C)(F)F. The molecule has 88 valence electrons. The van der Waals surface area contributed by atoms with E-state index in [1.807, 2.05) is 0 Å². The largest absolute Gasteiger partial charge is 0.496 e. The molecular formula is C12H15F2NO. The fourth-order valence-electron chi connectivity index (χ4n) is 1.78. The van der Waals surface area contributed by atoms with Gasteiger partial charge in [-0.1, -0.05) is 6.07 Å². The van der Waals surface area contributed by atoms with E-state index in [9.17, 15) is 8.78 Å². The molecule has 2 nitrogen and oxygen atoms in total. The van der Waals surface area contributed by atoms with Crippen LogP contribution in [0.3, 0.4) is 0 Å². The topological polar surface area (TPSA) is 35.2 Å². The van der Waals surface area contributed by atoms with Crippen molar-refractivity contribution < 1.29 is 13.5 Å². The van der Waals surface area contributed by atoms with Gasteiger partial charge in [0.2, 0.25) is 0 Å². The highest BCUT2D eigenvalue weighted by atomic mass is 19.3. The zero-order chi connectivity index (χ0) is 12.0. The summed E-state index contributed by atoms with van der Waals surface area (Å²) in [6.45, 7) is 0.866. The summed E-state index contributed by atoms with van der Waals surface area (Å²) in [7, 11) is 1.39. The Morgan fingerprint density at radius 1 is 1.38 bits per heavy atom. The lowest BCUT2D eigenvalue weighted by atomic mass is 9.99. The fourth-order valence-corrected chi connectivity index (χ4v) is 1.78. The predicted octanol–water partition coefficient (Wildman–Crippen LogP) is 2.75. The molecule has 2 N–H and O–H groups in total. The first-order valence-corrected chi connectivity index (χ1v) is 5.22. The summed E-state index contributed by atoms with van der Waals surface area (Å²) < 4.78 is 31.7. The van der Waals surface area contributed by atoms with E-state index >= 15 is 0 Å². The minimum atomic E-state index is -2.91. The Balaban J connectivity index is 2.47. The van der Waals surface area contributed by atoms with Gasteiger partial charge in [0.25, 0.3) is 5.92 Å². The Morgan fingerprint density at radius 2 is 2.00 bits per heavy atom. The van der Waals surface area contributed by atoms with Crippen molar-refractivity contribution in [3.8, 4) is 5.75 Å². The van der Waals surface area contributed by atoms with Crippen LogP contribution in [0.15, 0.2) is 18.2 Å². The van der Waals surface area contributed by atoms with Gasteiger partial charge in [0.15, 0.2) is 0 Å². The monoisotopic (exact) mass is 227 g/mol. The number of hydrogen-bond donors (Lipinski definition) is 1. The summed E-state index contributed by atoms with van der Waals surface area (Å²) in [5, 5.41) is 0. The molecule has 1 aromatic carbocycles. The van der Waals surface area contributed by atoms with Crippen LogP contribution in [0.5, 0.6) is 5.75 Å². The van der Waals surface area contributed by atoms with E-state index in [4.69, 9.17) is 10.5 Å². The maximum absolute atomic E-state index is 13.4. The van der Waals surface area contributed by atoms with Crippen LogP contribution >= 0.6 is 0 Å². The van der Waals surface area contributed by atoms with Gasteiger partial charge in [-0.15, -0.1) is 0 Å². The quantitative estimate of drug-likeness (QED) is 0.861. The number of ether oxygens (including phenoxy) is 1. The molecule has 1 fully saturated rings. The van der Waals surface area contributed by atoms with Crippen molar-refractivity contribution in [1.82, 2.24) is 0 Å². The number of methoxy groups -OCH3 is 1. The van der Waals surface area contributed by atoms with Crippen molar-refractivity contribution in [2.45, 2.75) is 31.2 Å². The van der Waals surface area contributed by atoms with E-state index in [0.29, 0.717) is 0 Å². The zero-order valence-corrected chi connectivity index (χ0v) is 9.39. The van der Waals surface area contributed by atoms with Gasteiger partial charge >= 0.3 is 0 Å². The highest BCUT2D eigenvalue weighted by molar-refractivity contribution is 5.43. The van der Waals surface area contributed by atoms with Crippen molar-refractivity contribution >= 4 is 0 Å². The Morgan fingerprint density at radius 3 is 2.44 bits per heavy atom. The zero-order valence-electron chi connectivity index (χ0n) is 9.39. The van der Waals surface area contributed by atoms with Crippen molar-refractivity contribution in [3.05, 3.63) is 29.3 Å². The smallest absolute Gasteiger partial charge is 0.274 e. The average molecular weight is 227 g/mol. The summed E-state index contributed by atoms with van der Waals surface area (Å²) >= 11 is 0. The van der Waals surface area contributed by atoms with Crippen LogP contribution in [0.1, 0.15) is 30.9 Å². The first-order chi connectivity index (χ1) is 7.37. The Bertz CT molecular complexity index is 408. The number of benzene rings is 1. The first-order valence-electron chi connectivity index (χ1n) is 5.22. The van der Waals surface area contributed by atoms with Gasteiger partial charge in [-0.2, -0.15) is 0 Å². The molecule has 0 unspecified atom stereocenters. The highest BCUT2D eigenvalue weighted by Crippen LogP contribution is 2.45. The summed E-state index contributed by atoms with van der Waals surface area (Å²) in [5.41, 5.74) is 6.26. The number of rotatable bonds is 3. The molecule has 0 radical (unpaired) electrons. The van der Waals surface area contributed by atoms with Crippen molar-refractivity contribution in [2.75, 3.05) is 7.11 Å². The summed E-state index contributed by atoms with van der Waals surface area (Å²) in [6, 6.07) is 4.79. The van der Waals surface area contributed by atoms with Crippen LogP contribution < -0.4 is 10.5 Å². The van der Waals surface area contributed by atoms with Gasteiger partial charge in [0.05, 0.1) is 12.7 Å². The molecule has 1 aliphatic rings. The summed E-state index contributed by atoms with van der Waals surface area (Å²) in [6.07, 6.45) is 1.71. The molecule has 16 heavy (non-hydrogen) atoms. The standard InChI is InChI=1S/C12H15F2NO/c1-11(13,14)9-7-8(12(15)5-6-12)3-4-10(9)16-2/h3-4,7H,5-6,15H2,1-2H3. The van der Waals surface area contributed by atoms with Crippen molar-refractivity contribution in [2.24, 2.45) is 5.73 Å². The molecule has 1 saturated carbocycles. The maximum Gasteiger partial charge on any atom is 0.274 e. The van der Waals surface area contributed by atoms with Crippen molar-refractivity contribution in [3.63, 3.8) is 0 Å². The third-order valence-electron chi connectivity index (χ3n) is 3.04. The molecule has 1 aliphatic carbocycles. The van der Waals surface area contributed by atoms with E-state index in [1.54, 1.807) is 12.1 Å². The molecule has 0 aromatic heterocycles. The van der Waals surface area contributed by atoms with E-state index in [-0.39, 0.29) is 11.3 Å². The average Bonchev–Trinajstić information content (AvgIpc) is 2.95. The summed E-state index contributed by atoms with van der Waals surface area (Å²) in [5.74, 6) is -2.70. The third kappa shape index (κ3) is 1.89. The fraction of sp³-hybridized carbons (Fsp3) is 0.500. The molecular weight excluding hydrogens is 212 g/mol. The number of hydrogen-bond acceptors (Lipinski definition) is 2. The van der Waals surface area contributed by atoms with E-state index in [2.05, 4.69) is 0 Å². The lowest BCUT2D eigenvalue weighted by Gasteiger charge is -2.18. The lowest BCUT2D eigenvalue weighted by molar-refractivity contribution is 0.0149. The maximum atomic E-state index is 13.4. The Hall–Kier alpha value is -1.16. The molecule has 0 atom stereocenters. The molecule has 0 amide bonds. The third-order valence-corrected chi connectivity index (χ3v) is 3.04. The van der Waals surface area contributed by atoms with Gasteiger partial charge in [-0.05, 0) is 30.5 Å². The van der Waals surface area contributed by atoms with Crippen molar-refractivity contribution in [1.29, 1.82) is 0 Å². The summed E-state index contributed by atoms with van der Waals surface area (Å²) in [4.78, 5) is 0. The second kappa shape index (κ2) is 3.42.